The summed E-state index contributed by atoms with van der Waals surface area (Å²) in [7, 11) is 0. The molecule has 0 bridgehead atoms. The fraction of sp³-hybridized carbons (Fsp3) is 0.385. The van der Waals surface area contributed by atoms with Crippen LogP contribution in [0.15, 0.2) is 36.4 Å². The summed E-state index contributed by atoms with van der Waals surface area (Å²) in [6.07, 6.45) is 8.92. The Balaban J connectivity index is 1.95. The van der Waals surface area contributed by atoms with Gasteiger partial charge in [-0.1, -0.05) is 24.3 Å². The van der Waals surface area contributed by atoms with E-state index in [1.54, 1.807) is 0 Å². The molecule has 3 rings (SSSR count). The molecule has 0 saturated carbocycles. The molecular weight excluding hydrogens is 340 g/mol. The summed E-state index contributed by atoms with van der Waals surface area (Å²) in [4.78, 5) is 5.14. The van der Waals surface area contributed by atoms with Gasteiger partial charge in [-0.3, -0.25) is 0 Å². The molecule has 28 heavy (non-hydrogen) atoms. The van der Waals surface area contributed by atoms with Crippen LogP contribution in [0, 0.1) is 27.7 Å². The second-order valence-electron chi connectivity index (χ2n) is 8.03. The third kappa shape index (κ3) is 3.73. The largest absolute Gasteiger partial charge is 0.349 e. The Morgan fingerprint density at radius 2 is 1.00 bits per heavy atom. The molecular formula is C26H34N2. The zero-order valence-electron chi connectivity index (χ0n) is 18.5. The van der Waals surface area contributed by atoms with Crippen molar-refractivity contribution in [1.82, 2.24) is 0 Å². The maximum atomic E-state index is 2.57. The first-order valence-electron chi connectivity index (χ1n) is 10.4. The van der Waals surface area contributed by atoms with E-state index < -0.39 is 0 Å². The van der Waals surface area contributed by atoms with Crippen LogP contribution in [0.4, 0.5) is 11.4 Å². The third-order valence-corrected chi connectivity index (χ3v) is 5.80. The fourth-order valence-corrected chi connectivity index (χ4v) is 4.82. The maximum Gasteiger partial charge on any atom is 0.0988 e. The molecule has 0 amide bonds. The monoisotopic (exact) mass is 374 g/mol. The fourth-order valence-electron chi connectivity index (χ4n) is 4.82. The number of rotatable bonds is 4. The van der Waals surface area contributed by atoms with Gasteiger partial charge in [0.05, 0.1) is 6.17 Å². The van der Waals surface area contributed by atoms with E-state index in [0.717, 1.165) is 13.1 Å². The van der Waals surface area contributed by atoms with Crippen LogP contribution in [0.2, 0.25) is 0 Å². The van der Waals surface area contributed by atoms with Gasteiger partial charge in [-0.05, 0) is 106 Å². The van der Waals surface area contributed by atoms with Crippen LogP contribution in [-0.2, 0) is 0 Å². The summed E-state index contributed by atoms with van der Waals surface area (Å²) < 4.78 is 0. The molecule has 1 aliphatic heterocycles. The van der Waals surface area contributed by atoms with E-state index in [-0.39, 0.29) is 0 Å². The summed E-state index contributed by atoms with van der Waals surface area (Å²) >= 11 is 0. The number of benzene rings is 2. The van der Waals surface area contributed by atoms with E-state index in [1.807, 2.05) is 0 Å². The second kappa shape index (κ2) is 8.26. The van der Waals surface area contributed by atoms with Crippen molar-refractivity contribution in [2.75, 3.05) is 22.9 Å². The lowest BCUT2D eigenvalue weighted by Gasteiger charge is -2.33. The highest BCUT2D eigenvalue weighted by molar-refractivity contribution is 5.70. The predicted octanol–water partition coefficient (Wildman–Crippen LogP) is 6.66. The highest BCUT2D eigenvalue weighted by Crippen LogP contribution is 2.36. The first kappa shape index (κ1) is 20.3. The second-order valence-corrected chi connectivity index (χ2v) is 8.03. The van der Waals surface area contributed by atoms with E-state index in [9.17, 15) is 0 Å². The van der Waals surface area contributed by atoms with Gasteiger partial charge in [0.2, 0.25) is 0 Å². The molecule has 2 nitrogen and oxygen atoms in total. The Hall–Kier alpha value is -2.48. The summed E-state index contributed by atoms with van der Waals surface area (Å²) in [5.74, 6) is 0. The van der Waals surface area contributed by atoms with Gasteiger partial charge < -0.3 is 9.80 Å². The van der Waals surface area contributed by atoms with Crippen molar-refractivity contribution in [3.8, 4) is 0 Å². The van der Waals surface area contributed by atoms with E-state index >= 15 is 0 Å². The van der Waals surface area contributed by atoms with Crippen molar-refractivity contribution in [3.05, 3.63) is 69.8 Å². The van der Waals surface area contributed by atoms with Gasteiger partial charge >= 0.3 is 0 Å². The third-order valence-electron chi connectivity index (χ3n) is 5.80. The molecule has 2 aromatic carbocycles. The summed E-state index contributed by atoms with van der Waals surface area (Å²) in [6, 6.07) is 9.22. The topological polar surface area (TPSA) is 6.48 Å². The molecule has 2 heteroatoms. The van der Waals surface area contributed by atoms with Gasteiger partial charge in [0.25, 0.3) is 0 Å². The van der Waals surface area contributed by atoms with Crippen LogP contribution in [-0.4, -0.2) is 19.3 Å². The lowest BCUT2D eigenvalue weighted by Crippen LogP contribution is -2.37. The van der Waals surface area contributed by atoms with Crippen molar-refractivity contribution in [2.24, 2.45) is 0 Å². The van der Waals surface area contributed by atoms with Gasteiger partial charge in [0.15, 0.2) is 0 Å². The predicted molar refractivity (Wildman–Crippen MR) is 125 cm³/mol. The van der Waals surface area contributed by atoms with E-state index in [1.165, 1.54) is 44.8 Å². The van der Waals surface area contributed by atoms with Crippen molar-refractivity contribution in [2.45, 2.75) is 54.6 Å². The summed E-state index contributed by atoms with van der Waals surface area (Å²) in [5.41, 5.74) is 10.8. The number of hydrogen-bond donors (Lipinski definition) is 0. The molecule has 0 aromatic heterocycles. The van der Waals surface area contributed by atoms with Crippen LogP contribution >= 0.6 is 0 Å². The molecule has 0 aliphatic carbocycles. The highest BCUT2D eigenvalue weighted by atomic mass is 15.4. The molecule has 148 valence electrons. The molecule has 1 aliphatic rings. The number of allylic oxidation sites excluding steroid dienone is 2. The van der Waals surface area contributed by atoms with Gasteiger partial charge in [-0.25, -0.2) is 0 Å². The number of nitrogens with zero attached hydrogens (tertiary/aromatic N) is 2. The van der Waals surface area contributed by atoms with Crippen molar-refractivity contribution in [1.29, 1.82) is 0 Å². The average molecular weight is 375 g/mol. The lowest BCUT2D eigenvalue weighted by atomic mass is 10.0. The minimum Gasteiger partial charge on any atom is -0.349 e. The smallest absolute Gasteiger partial charge is 0.0988 e. The zero-order chi connectivity index (χ0) is 20.4. The number of hydrogen-bond acceptors (Lipinski definition) is 2. The summed E-state index contributed by atoms with van der Waals surface area (Å²) in [6.45, 7) is 17.6. The minimum absolute atomic E-state index is 0.343. The van der Waals surface area contributed by atoms with Crippen molar-refractivity contribution >= 4 is 23.5 Å². The molecule has 0 radical (unpaired) electrons. The number of anilines is 2. The SMILES string of the molecule is C/C=C/c1cc(C)c(N2CCN(c3c(C)cc(/C=C/C)cc3C)C2C)c(C)c1. The molecule has 0 spiro atoms. The Morgan fingerprint density at radius 1 is 0.679 bits per heavy atom. The molecule has 0 atom stereocenters. The van der Waals surface area contributed by atoms with Gasteiger partial charge in [-0.15, -0.1) is 0 Å². The lowest BCUT2D eigenvalue weighted by molar-refractivity contribution is 0.726. The van der Waals surface area contributed by atoms with E-state index in [2.05, 4.69) is 107 Å². The normalized spacial score (nSPS) is 15.5. The minimum atomic E-state index is 0.343. The first-order chi connectivity index (χ1) is 13.4. The first-order valence-corrected chi connectivity index (χ1v) is 10.4. The summed E-state index contributed by atoms with van der Waals surface area (Å²) in [5, 5.41) is 0. The molecule has 1 saturated heterocycles. The average Bonchev–Trinajstić information content (AvgIpc) is 2.96. The Bertz CT molecular complexity index is 799. The Labute approximate surface area is 171 Å². The van der Waals surface area contributed by atoms with Crippen LogP contribution in [0.1, 0.15) is 54.2 Å². The van der Waals surface area contributed by atoms with E-state index in [4.69, 9.17) is 0 Å². The van der Waals surface area contributed by atoms with Crippen LogP contribution in [0.3, 0.4) is 0 Å². The van der Waals surface area contributed by atoms with Crippen LogP contribution in [0.5, 0.6) is 0 Å². The molecule has 0 unspecified atom stereocenters. The molecule has 1 heterocycles. The molecule has 2 aromatic rings. The quantitative estimate of drug-likeness (QED) is 0.590. The zero-order valence-corrected chi connectivity index (χ0v) is 18.5. The van der Waals surface area contributed by atoms with Crippen LogP contribution < -0.4 is 9.80 Å². The van der Waals surface area contributed by atoms with Gasteiger partial charge in [-0.2, -0.15) is 0 Å². The van der Waals surface area contributed by atoms with Gasteiger partial charge in [0.1, 0.15) is 0 Å². The van der Waals surface area contributed by atoms with E-state index in [0.29, 0.717) is 6.17 Å². The van der Waals surface area contributed by atoms with Crippen molar-refractivity contribution < 1.29 is 0 Å². The number of aryl methyl sites for hydroxylation is 4. The highest BCUT2D eigenvalue weighted by Gasteiger charge is 2.31. The Kier molecular flexibility index (Phi) is 5.98. The molecule has 1 fully saturated rings. The Morgan fingerprint density at radius 3 is 1.29 bits per heavy atom. The van der Waals surface area contributed by atoms with Gasteiger partial charge in [0, 0.05) is 24.5 Å². The van der Waals surface area contributed by atoms with Crippen LogP contribution in [0.25, 0.3) is 12.2 Å². The standard InChI is InChI=1S/C26H34N2/c1-8-10-23-14-18(3)25(19(4)15-23)27-12-13-28(22(27)7)26-20(5)16-24(11-9-2)17-21(26)6/h8-11,14-17,22H,12-13H2,1-7H3/b10-8+,11-9+. The molecule has 0 N–H and O–H groups in total. The maximum absolute atomic E-state index is 2.57. The van der Waals surface area contributed by atoms with Crippen molar-refractivity contribution in [3.63, 3.8) is 0 Å².